The van der Waals surface area contributed by atoms with Crippen LogP contribution in [0.15, 0.2) is 42.7 Å². The third-order valence-electron chi connectivity index (χ3n) is 3.02. The third kappa shape index (κ3) is 6.21. The molecule has 0 atom stereocenters. The van der Waals surface area contributed by atoms with Gasteiger partial charge in [-0.1, -0.05) is 30.3 Å². The topological polar surface area (TPSA) is 93.2 Å². The maximum Gasteiger partial charge on any atom is 0.407 e. The van der Waals surface area contributed by atoms with Gasteiger partial charge in [-0.15, -0.1) is 0 Å². The molecule has 0 aliphatic rings. The van der Waals surface area contributed by atoms with E-state index in [4.69, 9.17) is 4.74 Å². The number of alkyl carbamates (subject to hydrolysis) is 1. The lowest BCUT2D eigenvalue weighted by atomic mass is 10.2. The summed E-state index contributed by atoms with van der Waals surface area (Å²) in [5.41, 5.74) is 0.693. The molecule has 0 radical (unpaired) electrons. The highest BCUT2D eigenvalue weighted by Gasteiger charge is 2.15. The van der Waals surface area contributed by atoms with Gasteiger partial charge in [0.1, 0.15) is 5.60 Å². The van der Waals surface area contributed by atoms with E-state index in [2.05, 4.69) is 20.6 Å². The van der Waals surface area contributed by atoms with Crippen LogP contribution in [0.5, 0.6) is 0 Å². The van der Waals surface area contributed by atoms with Gasteiger partial charge in [-0.3, -0.25) is 4.79 Å². The number of aromatic nitrogens is 2. The van der Waals surface area contributed by atoms with Crippen LogP contribution in [0.25, 0.3) is 11.4 Å². The van der Waals surface area contributed by atoms with Crippen molar-refractivity contribution < 1.29 is 14.3 Å². The van der Waals surface area contributed by atoms with Gasteiger partial charge in [-0.2, -0.15) is 0 Å². The highest BCUT2D eigenvalue weighted by Crippen LogP contribution is 2.13. The maximum absolute atomic E-state index is 12.0. The number of ether oxygens (including phenoxy) is 1. The lowest BCUT2D eigenvalue weighted by molar-refractivity contribution is 0.0526. The zero-order valence-corrected chi connectivity index (χ0v) is 14.6. The van der Waals surface area contributed by atoms with Gasteiger partial charge >= 0.3 is 6.09 Å². The Kier molecular flexibility index (Phi) is 6.05. The maximum atomic E-state index is 12.0. The van der Waals surface area contributed by atoms with Crippen LogP contribution in [0.2, 0.25) is 0 Å². The fraction of sp³-hybridized carbons (Fsp3) is 0.333. The molecule has 0 spiro atoms. The molecule has 0 aliphatic heterocycles. The van der Waals surface area contributed by atoms with Gasteiger partial charge in [0.2, 0.25) is 0 Å². The van der Waals surface area contributed by atoms with E-state index in [-0.39, 0.29) is 19.0 Å². The summed E-state index contributed by atoms with van der Waals surface area (Å²) < 4.78 is 5.10. The molecule has 2 aromatic rings. The first kappa shape index (κ1) is 18.4. The number of carbonyl (C=O) groups excluding carboxylic acids is 2. The Balaban J connectivity index is 1.79. The molecule has 7 heteroatoms. The number of nitrogens with one attached hydrogen (secondary N) is 2. The number of benzene rings is 1. The van der Waals surface area contributed by atoms with Crippen LogP contribution < -0.4 is 10.6 Å². The largest absolute Gasteiger partial charge is 0.444 e. The van der Waals surface area contributed by atoms with E-state index >= 15 is 0 Å². The molecule has 0 saturated heterocycles. The van der Waals surface area contributed by atoms with E-state index in [0.29, 0.717) is 11.4 Å². The van der Waals surface area contributed by atoms with Crippen LogP contribution >= 0.6 is 0 Å². The Morgan fingerprint density at radius 2 is 1.60 bits per heavy atom. The Morgan fingerprint density at radius 3 is 2.20 bits per heavy atom. The van der Waals surface area contributed by atoms with Crippen LogP contribution in [0.1, 0.15) is 31.1 Å². The molecule has 2 N–H and O–H groups in total. The molecule has 1 aromatic carbocycles. The van der Waals surface area contributed by atoms with Crippen LogP contribution in [-0.4, -0.2) is 40.7 Å². The number of rotatable bonds is 5. The van der Waals surface area contributed by atoms with E-state index in [1.54, 1.807) is 20.8 Å². The third-order valence-corrected chi connectivity index (χ3v) is 3.02. The van der Waals surface area contributed by atoms with Crippen molar-refractivity contribution in [2.45, 2.75) is 26.4 Å². The number of carbonyl (C=O) groups is 2. The second-order valence-electron chi connectivity index (χ2n) is 6.35. The summed E-state index contributed by atoms with van der Waals surface area (Å²) in [4.78, 5) is 31.9. The Bertz CT molecular complexity index is 709. The van der Waals surface area contributed by atoms with E-state index in [1.807, 2.05) is 30.3 Å². The molecule has 0 unspecified atom stereocenters. The molecule has 132 valence electrons. The minimum Gasteiger partial charge on any atom is -0.444 e. The second kappa shape index (κ2) is 8.23. The van der Waals surface area contributed by atoms with Gasteiger partial charge in [-0.25, -0.2) is 14.8 Å². The van der Waals surface area contributed by atoms with Crippen molar-refractivity contribution in [2.75, 3.05) is 13.1 Å². The molecular weight excluding hydrogens is 320 g/mol. The fourth-order valence-corrected chi connectivity index (χ4v) is 1.94. The SMILES string of the molecule is CC(C)(C)OC(=O)NCCNC(=O)c1cnc(-c2ccccc2)nc1. The molecule has 25 heavy (non-hydrogen) atoms. The molecule has 2 amide bonds. The van der Waals surface area contributed by atoms with Gasteiger partial charge in [0.05, 0.1) is 5.56 Å². The first-order valence-corrected chi connectivity index (χ1v) is 7.98. The number of hydrogen-bond acceptors (Lipinski definition) is 5. The van der Waals surface area contributed by atoms with Crippen molar-refractivity contribution in [1.82, 2.24) is 20.6 Å². The normalized spacial score (nSPS) is 10.8. The van der Waals surface area contributed by atoms with Crippen LogP contribution in [0, 0.1) is 0 Å². The van der Waals surface area contributed by atoms with Gasteiger partial charge in [-0.05, 0) is 20.8 Å². The highest BCUT2D eigenvalue weighted by molar-refractivity contribution is 5.93. The fourth-order valence-electron chi connectivity index (χ4n) is 1.94. The molecule has 1 aromatic heterocycles. The number of amides is 2. The molecule has 0 aliphatic carbocycles. The Morgan fingerprint density at radius 1 is 1.00 bits per heavy atom. The summed E-state index contributed by atoms with van der Waals surface area (Å²) in [6.45, 7) is 5.90. The predicted molar refractivity (Wildman–Crippen MR) is 94.0 cm³/mol. The molecule has 7 nitrogen and oxygen atoms in total. The summed E-state index contributed by atoms with van der Waals surface area (Å²) >= 11 is 0. The molecule has 0 fully saturated rings. The average Bonchev–Trinajstić information content (AvgIpc) is 2.58. The predicted octanol–water partition coefficient (Wildman–Crippen LogP) is 2.40. The van der Waals surface area contributed by atoms with Crippen molar-refractivity contribution in [3.63, 3.8) is 0 Å². The summed E-state index contributed by atoms with van der Waals surface area (Å²) in [5, 5.41) is 5.26. The van der Waals surface area contributed by atoms with E-state index < -0.39 is 11.7 Å². The van der Waals surface area contributed by atoms with Crippen molar-refractivity contribution in [2.24, 2.45) is 0 Å². The minimum atomic E-state index is -0.550. The molecule has 0 bridgehead atoms. The van der Waals surface area contributed by atoms with E-state index in [0.717, 1.165) is 5.56 Å². The lowest BCUT2D eigenvalue weighted by Gasteiger charge is -2.19. The zero-order valence-electron chi connectivity index (χ0n) is 14.6. The molecule has 2 rings (SSSR count). The summed E-state index contributed by atoms with van der Waals surface area (Å²) in [6.07, 6.45) is 2.44. The van der Waals surface area contributed by atoms with Gasteiger partial charge < -0.3 is 15.4 Å². The van der Waals surface area contributed by atoms with Gasteiger partial charge in [0.15, 0.2) is 5.82 Å². The standard InChI is InChI=1S/C18H22N4O3/c1-18(2,3)25-17(24)20-10-9-19-16(23)14-11-21-15(22-12-14)13-7-5-4-6-8-13/h4-8,11-12H,9-10H2,1-3H3,(H,19,23)(H,20,24). The van der Waals surface area contributed by atoms with Gasteiger partial charge in [0, 0.05) is 31.0 Å². The Hall–Kier alpha value is -2.96. The Labute approximate surface area is 146 Å². The first-order chi connectivity index (χ1) is 11.8. The van der Waals surface area contributed by atoms with Crippen molar-refractivity contribution in [3.05, 3.63) is 48.3 Å². The van der Waals surface area contributed by atoms with Crippen LogP contribution in [0.3, 0.4) is 0 Å². The number of hydrogen-bond donors (Lipinski definition) is 2. The summed E-state index contributed by atoms with van der Waals surface area (Å²) in [6, 6.07) is 9.51. The van der Waals surface area contributed by atoms with Gasteiger partial charge in [0.25, 0.3) is 5.91 Å². The van der Waals surface area contributed by atoms with Crippen LogP contribution in [-0.2, 0) is 4.74 Å². The van der Waals surface area contributed by atoms with E-state index in [1.165, 1.54) is 12.4 Å². The molecule has 1 heterocycles. The van der Waals surface area contributed by atoms with Crippen LogP contribution in [0.4, 0.5) is 4.79 Å². The minimum absolute atomic E-state index is 0.267. The van der Waals surface area contributed by atoms with Crippen molar-refractivity contribution >= 4 is 12.0 Å². The quantitative estimate of drug-likeness (QED) is 0.814. The summed E-state index contributed by atoms with van der Waals surface area (Å²) in [7, 11) is 0. The van der Waals surface area contributed by atoms with Crippen molar-refractivity contribution in [3.8, 4) is 11.4 Å². The second-order valence-corrected chi connectivity index (χ2v) is 6.35. The first-order valence-electron chi connectivity index (χ1n) is 7.98. The summed E-state index contributed by atoms with van der Waals surface area (Å²) in [5.74, 6) is 0.259. The smallest absolute Gasteiger partial charge is 0.407 e. The average molecular weight is 342 g/mol. The molecular formula is C18H22N4O3. The highest BCUT2D eigenvalue weighted by atomic mass is 16.6. The monoisotopic (exact) mass is 342 g/mol. The molecule has 0 saturated carbocycles. The zero-order chi connectivity index (χ0) is 18.3. The van der Waals surface area contributed by atoms with Crippen molar-refractivity contribution in [1.29, 1.82) is 0 Å². The number of nitrogens with zero attached hydrogens (tertiary/aromatic N) is 2. The van der Waals surface area contributed by atoms with E-state index in [9.17, 15) is 9.59 Å². The lowest BCUT2D eigenvalue weighted by Crippen LogP contribution is -2.37.